The number of carbonyl (C=O) groups is 3. The molecular formula is C31H24Cl2N4O3. The molecule has 2 N–H and O–H groups in total. The molecule has 0 radical (unpaired) electrons. The minimum Gasteiger partial charge on any atom is -0.308 e. The number of urea groups is 1. The number of benzene rings is 4. The van der Waals surface area contributed by atoms with Gasteiger partial charge < -0.3 is 15.5 Å². The van der Waals surface area contributed by atoms with Crippen LogP contribution in [0.3, 0.4) is 0 Å². The van der Waals surface area contributed by atoms with E-state index < -0.39 is 18.1 Å². The van der Waals surface area contributed by atoms with Crippen molar-refractivity contribution in [3.05, 3.63) is 129 Å². The van der Waals surface area contributed by atoms with Gasteiger partial charge in [-0.15, -0.1) is 0 Å². The molecule has 0 unspecified atom stereocenters. The molecule has 0 saturated carbocycles. The van der Waals surface area contributed by atoms with Crippen molar-refractivity contribution in [3.63, 3.8) is 0 Å². The van der Waals surface area contributed by atoms with Gasteiger partial charge in [-0.1, -0.05) is 96.0 Å². The molecule has 1 aliphatic rings. The molecule has 0 fully saturated rings. The van der Waals surface area contributed by atoms with Gasteiger partial charge in [0.05, 0.1) is 28.0 Å². The molecule has 7 nitrogen and oxygen atoms in total. The minimum absolute atomic E-state index is 0.231. The lowest BCUT2D eigenvalue weighted by Gasteiger charge is -2.25. The summed E-state index contributed by atoms with van der Waals surface area (Å²) in [4.78, 5) is 46.6. The molecule has 1 heterocycles. The number of Topliss-reactive ketones (excluding diaryl/α,β-unsaturated/α-hetero) is 1. The number of carbonyl (C=O) groups excluding carboxylic acids is 3. The molecule has 4 aromatic rings. The third kappa shape index (κ3) is 5.76. The molecule has 0 bridgehead atoms. The molecule has 5 rings (SSSR count). The number of fused-ring (bicyclic) bond motifs is 1. The first-order chi connectivity index (χ1) is 19.3. The summed E-state index contributed by atoms with van der Waals surface area (Å²) in [6, 6.07) is 27.8. The molecule has 1 aliphatic heterocycles. The Morgan fingerprint density at radius 1 is 0.875 bits per heavy atom. The highest BCUT2D eigenvalue weighted by Crippen LogP contribution is 2.29. The van der Waals surface area contributed by atoms with Gasteiger partial charge in [0.25, 0.3) is 5.91 Å². The number of nitrogens with zero attached hydrogens (tertiary/aromatic N) is 2. The van der Waals surface area contributed by atoms with Crippen LogP contribution in [0.25, 0.3) is 0 Å². The Kier molecular flexibility index (Phi) is 7.96. The van der Waals surface area contributed by atoms with Gasteiger partial charge in [0, 0.05) is 22.4 Å². The lowest BCUT2D eigenvalue weighted by Crippen LogP contribution is -2.50. The van der Waals surface area contributed by atoms with Gasteiger partial charge in [-0.25, -0.2) is 9.79 Å². The fraction of sp³-hybridized carbons (Fsp3) is 0.0968. The van der Waals surface area contributed by atoms with Crippen molar-refractivity contribution in [2.75, 3.05) is 16.8 Å². The summed E-state index contributed by atoms with van der Waals surface area (Å²) in [5.41, 5.74) is 4.15. The Balaban J connectivity index is 1.53. The number of hydrogen-bond acceptors (Lipinski definition) is 4. The number of amides is 3. The molecular weight excluding hydrogens is 547 g/mol. The number of aryl methyl sites for hydroxylation is 1. The van der Waals surface area contributed by atoms with E-state index in [-0.39, 0.29) is 17.4 Å². The van der Waals surface area contributed by atoms with Crippen LogP contribution in [0.5, 0.6) is 0 Å². The van der Waals surface area contributed by atoms with Crippen molar-refractivity contribution in [1.29, 1.82) is 0 Å². The van der Waals surface area contributed by atoms with Crippen molar-refractivity contribution in [2.24, 2.45) is 4.99 Å². The van der Waals surface area contributed by atoms with E-state index in [1.807, 2.05) is 61.5 Å². The first kappa shape index (κ1) is 27.1. The van der Waals surface area contributed by atoms with Crippen LogP contribution in [0.1, 0.15) is 27.0 Å². The number of nitrogens with one attached hydrogen (secondary N) is 2. The van der Waals surface area contributed by atoms with E-state index in [0.29, 0.717) is 33.2 Å². The Morgan fingerprint density at radius 3 is 2.33 bits per heavy atom. The predicted molar refractivity (Wildman–Crippen MR) is 159 cm³/mol. The molecule has 200 valence electrons. The molecule has 4 aromatic carbocycles. The fourth-order valence-electron chi connectivity index (χ4n) is 4.49. The van der Waals surface area contributed by atoms with Crippen molar-refractivity contribution in [2.45, 2.75) is 13.1 Å². The maximum atomic E-state index is 14.0. The molecule has 9 heteroatoms. The smallest absolute Gasteiger partial charge is 0.308 e. The van der Waals surface area contributed by atoms with Crippen LogP contribution in [0.4, 0.5) is 16.2 Å². The lowest BCUT2D eigenvalue weighted by molar-refractivity contribution is -0.120. The van der Waals surface area contributed by atoms with E-state index in [2.05, 4.69) is 10.6 Å². The zero-order chi connectivity index (χ0) is 28.2. The Bertz CT molecular complexity index is 1640. The summed E-state index contributed by atoms with van der Waals surface area (Å²) in [5, 5.41) is 5.94. The third-order valence-corrected chi connectivity index (χ3v) is 7.19. The van der Waals surface area contributed by atoms with E-state index in [4.69, 9.17) is 28.2 Å². The molecule has 0 aromatic heterocycles. The summed E-state index contributed by atoms with van der Waals surface area (Å²) in [6.45, 7) is 1.62. The zero-order valence-electron chi connectivity index (χ0n) is 21.4. The van der Waals surface area contributed by atoms with Crippen molar-refractivity contribution in [1.82, 2.24) is 5.32 Å². The first-order valence-corrected chi connectivity index (χ1v) is 13.2. The SMILES string of the molecule is Cc1ccccc1C(=O)CN1C(=O)[C@H](NC(=O)Nc2ccc(Cl)c(Cl)c2)N=C(c2ccccc2)c2ccccc21. The van der Waals surface area contributed by atoms with Crippen LogP contribution >= 0.6 is 23.2 Å². The fourth-order valence-corrected chi connectivity index (χ4v) is 4.79. The van der Waals surface area contributed by atoms with Gasteiger partial charge >= 0.3 is 6.03 Å². The summed E-state index contributed by atoms with van der Waals surface area (Å²) in [7, 11) is 0. The van der Waals surface area contributed by atoms with Gasteiger partial charge in [-0.3, -0.25) is 9.59 Å². The van der Waals surface area contributed by atoms with E-state index in [0.717, 1.165) is 11.1 Å². The van der Waals surface area contributed by atoms with E-state index in [9.17, 15) is 14.4 Å². The van der Waals surface area contributed by atoms with Gasteiger partial charge in [0.15, 0.2) is 5.78 Å². The van der Waals surface area contributed by atoms with Crippen LogP contribution < -0.4 is 15.5 Å². The second-order valence-corrected chi connectivity index (χ2v) is 9.97. The summed E-state index contributed by atoms with van der Waals surface area (Å²) >= 11 is 12.1. The quantitative estimate of drug-likeness (QED) is 0.258. The number of halogens is 2. The van der Waals surface area contributed by atoms with Crippen molar-refractivity contribution < 1.29 is 14.4 Å². The minimum atomic E-state index is -1.32. The lowest BCUT2D eigenvalue weighted by atomic mass is 9.99. The molecule has 0 spiro atoms. The Hall–Kier alpha value is -4.46. The average molecular weight is 571 g/mol. The summed E-state index contributed by atoms with van der Waals surface area (Å²) in [5.74, 6) is -0.784. The summed E-state index contributed by atoms with van der Waals surface area (Å²) in [6.07, 6.45) is -1.32. The van der Waals surface area contributed by atoms with E-state index in [1.165, 1.54) is 11.0 Å². The van der Waals surface area contributed by atoms with Crippen LogP contribution in [-0.4, -0.2) is 36.1 Å². The maximum Gasteiger partial charge on any atom is 0.321 e. The van der Waals surface area contributed by atoms with Crippen LogP contribution in [0.15, 0.2) is 102 Å². The maximum absolute atomic E-state index is 14.0. The molecule has 3 amide bonds. The number of aliphatic imine (C=N–C) groups is 1. The highest BCUT2D eigenvalue weighted by atomic mass is 35.5. The van der Waals surface area contributed by atoms with Crippen LogP contribution in [-0.2, 0) is 4.79 Å². The molecule has 1 atom stereocenters. The summed E-state index contributed by atoms with van der Waals surface area (Å²) < 4.78 is 0. The number of rotatable bonds is 6. The Labute approximate surface area is 241 Å². The van der Waals surface area contributed by atoms with Gasteiger partial charge in [-0.2, -0.15) is 0 Å². The largest absolute Gasteiger partial charge is 0.321 e. The second kappa shape index (κ2) is 11.7. The van der Waals surface area contributed by atoms with Gasteiger partial charge in [0.2, 0.25) is 6.17 Å². The zero-order valence-corrected chi connectivity index (χ0v) is 22.9. The highest BCUT2D eigenvalue weighted by molar-refractivity contribution is 6.42. The average Bonchev–Trinajstić information content (AvgIpc) is 3.06. The van der Waals surface area contributed by atoms with E-state index in [1.54, 1.807) is 36.4 Å². The number of ketones is 1. The predicted octanol–water partition coefficient (Wildman–Crippen LogP) is 6.52. The number of anilines is 2. The van der Waals surface area contributed by atoms with Crippen molar-refractivity contribution in [3.8, 4) is 0 Å². The molecule has 0 aliphatic carbocycles. The molecule has 0 saturated heterocycles. The van der Waals surface area contributed by atoms with E-state index >= 15 is 0 Å². The van der Waals surface area contributed by atoms with Crippen LogP contribution in [0, 0.1) is 6.92 Å². The normalized spacial score (nSPS) is 14.6. The highest BCUT2D eigenvalue weighted by Gasteiger charge is 2.34. The number of hydrogen-bond donors (Lipinski definition) is 2. The first-order valence-electron chi connectivity index (χ1n) is 12.5. The topological polar surface area (TPSA) is 90.9 Å². The number of para-hydroxylation sites is 1. The standard InChI is InChI=1S/C31H24Cl2N4O3/c1-19-9-5-6-12-22(19)27(38)18-37-26-14-8-7-13-23(26)28(20-10-3-2-4-11-20)35-29(30(37)39)36-31(40)34-21-15-16-24(32)25(33)17-21/h2-17,29H,18H2,1H3,(H2,34,36,40)/t29-/m0/s1. The number of benzodiazepines with no additional fused rings is 1. The Morgan fingerprint density at radius 2 is 1.57 bits per heavy atom. The van der Waals surface area contributed by atoms with Gasteiger partial charge in [0.1, 0.15) is 0 Å². The molecule has 40 heavy (non-hydrogen) atoms. The van der Waals surface area contributed by atoms with Gasteiger partial charge in [-0.05, 0) is 36.8 Å². The third-order valence-electron chi connectivity index (χ3n) is 6.45. The van der Waals surface area contributed by atoms with Crippen LogP contribution in [0.2, 0.25) is 10.0 Å². The second-order valence-electron chi connectivity index (χ2n) is 9.15. The monoisotopic (exact) mass is 570 g/mol. The van der Waals surface area contributed by atoms with Crippen molar-refractivity contribution >= 4 is 58.0 Å².